The molecular formula is C19H22N4S. The van der Waals surface area contributed by atoms with Crippen LogP contribution in [0.15, 0.2) is 30.6 Å². The Morgan fingerprint density at radius 1 is 1.08 bits per heavy atom. The van der Waals surface area contributed by atoms with Crippen LogP contribution in [-0.2, 0) is 19.4 Å². The van der Waals surface area contributed by atoms with E-state index in [1.54, 1.807) is 6.33 Å². The molecule has 0 saturated carbocycles. The molecule has 2 heterocycles. The number of anilines is 2. The quantitative estimate of drug-likeness (QED) is 0.772. The number of hydrogen-bond donors (Lipinski definition) is 1. The van der Waals surface area contributed by atoms with Gasteiger partial charge in [-0.2, -0.15) is 0 Å². The predicted octanol–water partition coefficient (Wildman–Crippen LogP) is 4.25. The van der Waals surface area contributed by atoms with Crippen LogP contribution in [0.3, 0.4) is 0 Å². The van der Waals surface area contributed by atoms with Crippen LogP contribution in [0.2, 0.25) is 0 Å². The van der Waals surface area contributed by atoms with Gasteiger partial charge in [0.2, 0.25) is 0 Å². The van der Waals surface area contributed by atoms with Crippen molar-refractivity contribution in [2.45, 2.75) is 32.2 Å². The fourth-order valence-corrected chi connectivity index (χ4v) is 4.55. The molecule has 0 atom stereocenters. The smallest absolute Gasteiger partial charge is 0.138 e. The molecule has 3 aromatic rings. The first kappa shape index (κ1) is 15.4. The molecule has 0 saturated heterocycles. The van der Waals surface area contributed by atoms with Gasteiger partial charge in [0.1, 0.15) is 17.0 Å². The first-order chi connectivity index (χ1) is 11.7. The van der Waals surface area contributed by atoms with Crippen molar-refractivity contribution in [3.8, 4) is 0 Å². The number of fused-ring (bicyclic) bond motifs is 3. The molecular weight excluding hydrogens is 316 g/mol. The molecule has 4 rings (SSSR count). The van der Waals surface area contributed by atoms with E-state index in [-0.39, 0.29) is 0 Å². The van der Waals surface area contributed by atoms with Crippen LogP contribution in [0, 0.1) is 0 Å². The van der Waals surface area contributed by atoms with Gasteiger partial charge in [-0.3, -0.25) is 0 Å². The lowest BCUT2D eigenvalue weighted by atomic mass is 9.97. The summed E-state index contributed by atoms with van der Waals surface area (Å²) in [7, 11) is 4.12. The Labute approximate surface area is 146 Å². The Morgan fingerprint density at radius 3 is 2.67 bits per heavy atom. The number of hydrogen-bond acceptors (Lipinski definition) is 5. The van der Waals surface area contributed by atoms with Crippen molar-refractivity contribution in [2.24, 2.45) is 0 Å². The Hall–Kier alpha value is -2.14. The minimum absolute atomic E-state index is 0.782. The van der Waals surface area contributed by atoms with Gasteiger partial charge in [0, 0.05) is 31.2 Å². The molecule has 0 radical (unpaired) electrons. The molecule has 0 fully saturated rings. The maximum atomic E-state index is 4.52. The van der Waals surface area contributed by atoms with Crippen LogP contribution in [0.1, 0.15) is 28.8 Å². The molecule has 4 nitrogen and oxygen atoms in total. The third-order valence-electron chi connectivity index (χ3n) is 4.66. The van der Waals surface area contributed by atoms with Crippen molar-refractivity contribution < 1.29 is 0 Å². The maximum Gasteiger partial charge on any atom is 0.138 e. The number of thiophene rings is 1. The van der Waals surface area contributed by atoms with Crippen molar-refractivity contribution in [1.29, 1.82) is 0 Å². The van der Waals surface area contributed by atoms with Gasteiger partial charge < -0.3 is 10.2 Å². The van der Waals surface area contributed by atoms with Crippen molar-refractivity contribution >= 4 is 33.1 Å². The maximum absolute atomic E-state index is 4.52. The van der Waals surface area contributed by atoms with Crippen LogP contribution in [0.25, 0.3) is 10.2 Å². The normalized spacial score (nSPS) is 13.8. The molecule has 0 spiro atoms. The summed E-state index contributed by atoms with van der Waals surface area (Å²) in [5, 5.41) is 4.78. The second-order valence-corrected chi connectivity index (χ2v) is 7.61. The largest absolute Gasteiger partial charge is 0.378 e. The fraction of sp³-hybridized carbons (Fsp3) is 0.368. The standard InChI is InChI=1S/C19H22N4S/c1-23(2)14-9-7-13(8-10-14)11-20-18-17-15-5-3-4-6-16(15)24-19(17)22-12-21-18/h7-10,12H,3-6,11H2,1-2H3,(H,20,21,22). The van der Waals surface area contributed by atoms with Crippen LogP contribution in [-0.4, -0.2) is 24.1 Å². The van der Waals surface area contributed by atoms with E-state index >= 15 is 0 Å². The first-order valence-electron chi connectivity index (χ1n) is 8.48. The summed E-state index contributed by atoms with van der Waals surface area (Å²) in [5.41, 5.74) is 3.96. The van der Waals surface area contributed by atoms with Crippen molar-refractivity contribution in [2.75, 3.05) is 24.3 Å². The molecule has 0 aliphatic heterocycles. The van der Waals surface area contributed by atoms with E-state index in [4.69, 9.17) is 0 Å². The average Bonchev–Trinajstić information content (AvgIpc) is 2.99. The molecule has 124 valence electrons. The topological polar surface area (TPSA) is 41.0 Å². The summed E-state index contributed by atoms with van der Waals surface area (Å²) >= 11 is 1.84. The molecule has 1 aliphatic rings. The predicted molar refractivity (Wildman–Crippen MR) is 102 cm³/mol. The molecule has 1 aromatic carbocycles. The molecule has 24 heavy (non-hydrogen) atoms. The second-order valence-electron chi connectivity index (χ2n) is 6.53. The number of nitrogens with one attached hydrogen (secondary N) is 1. The Kier molecular flexibility index (Phi) is 4.10. The average molecular weight is 338 g/mol. The van der Waals surface area contributed by atoms with Gasteiger partial charge in [-0.15, -0.1) is 11.3 Å². The molecule has 1 N–H and O–H groups in total. The van der Waals surface area contributed by atoms with E-state index < -0.39 is 0 Å². The second kappa shape index (κ2) is 6.40. The molecule has 5 heteroatoms. The SMILES string of the molecule is CN(C)c1ccc(CNc2ncnc3sc4c(c23)CCCC4)cc1. The van der Waals surface area contributed by atoms with Gasteiger partial charge in [0.05, 0.1) is 5.39 Å². The van der Waals surface area contributed by atoms with Gasteiger partial charge in [-0.05, 0) is 48.9 Å². The van der Waals surface area contributed by atoms with Gasteiger partial charge in [0.15, 0.2) is 0 Å². The number of rotatable bonds is 4. The van der Waals surface area contributed by atoms with E-state index in [1.165, 1.54) is 46.3 Å². The van der Waals surface area contributed by atoms with Crippen LogP contribution in [0.5, 0.6) is 0 Å². The summed E-state index contributed by atoms with van der Waals surface area (Å²) in [6.07, 6.45) is 6.62. The third-order valence-corrected chi connectivity index (χ3v) is 5.86. The highest BCUT2D eigenvalue weighted by atomic mass is 32.1. The fourth-order valence-electron chi connectivity index (χ4n) is 3.32. The molecule has 2 aromatic heterocycles. The highest BCUT2D eigenvalue weighted by Gasteiger charge is 2.19. The highest BCUT2D eigenvalue weighted by molar-refractivity contribution is 7.19. The van der Waals surface area contributed by atoms with Gasteiger partial charge in [0.25, 0.3) is 0 Å². The van der Waals surface area contributed by atoms with Crippen molar-refractivity contribution in [3.05, 3.63) is 46.6 Å². The zero-order valence-electron chi connectivity index (χ0n) is 14.2. The van der Waals surface area contributed by atoms with E-state index in [0.717, 1.165) is 23.6 Å². The summed E-state index contributed by atoms with van der Waals surface area (Å²) in [4.78, 5) is 13.8. The lowest BCUT2D eigenvalue weighted by Crippen LogP contribution is -2.09. The van der Waals surface area contributed by atoms with Crippen LogP contribution < -0.4 is 10.2 Å². The summed E-state index contributed by atoms with van der Waals surface area (Å²) in [5.74, 6) is 0.982. The third kappa shape index (κ3) is 2.84. The van der Waals surface area contributed by atoms with Crippen LogP contribution >= 0.6 is 11.3 Å². The first-order valence-corrected chi connectivity index (χ1v) is 9.29. The zero-order valence-corrected chi connectivity index (χ0v) is 15.0. The zero-order chi connectivity index (χ0) is 16.5. The van der Waals surface area contributed by atoms with Gasteiger partial charge >= 0.3 is 0 Å². The molecule has 0 unspecified atom stereocenters. The minimum Gasteiger partial charge on any atom is -0.378 e. The summed E-state index contributed by atoms with van der Waals surface area (Å²) in [6.45, 7) is 0.782. The highest BCUT2D eigenvalue weighted by Crippen LogP contribution is 2.38. The van der Waals surface area contributed by atoms with Crippen molar-refractivity contribution in [1.82, 2.24) is 9.97 Å². The Balaban J connectivity index is 1.59. The van der Waals surface area contributed by atoms with Gasteiger partial charge in [-0.1, -0.05) is 12.1 Å². The lowest BCUT2D eigenvalue weighted by molar-refractivity contribution is 0.700. The lowest BCUT2D eigenvalue weighted by Gasteiger charge is -2.14. The molecule has 0 bridgehead atoms. The number of benzene rings is 1. The Morgan fingerprint density at radius 2 is 1.88 bits per heavy atom. The number of aromatic nitrogens is 2. The van der Waals surface area contributed by atoms with Gasteiger partial charge in [-0.25, -0.2) is 9.97 Å². The van der Waals surface area contributed by atoms with E-state index in [0.29, 0.717) is 0 Å². The van der Waals surface area contributed by atoms with Crippen LogP contribution in [0.4, 0.5) is 11.5 Å². The minimum atomic E-state index is 0.782. The van der Waals surface area contributed by atoms with Crippen molar-refractivity contribution in [3.63, 3.8) is 0 Å². The number of aryl methyl sites for hydroxylation is 2. The van der Waals surface area contributed by atoms with E-state index in [2.05, 4.69) is 58.5 Å². The summed E-state index contributed by atoms with van der Waals surface area (Å²) in [6, 6.07) is 8.64. The molecule has 1 aliphatic carbocycles. The monoisotopic (exact) mass is 338 g/mol. The summed E-state index contributed by atoms with van der Waals surface area (Å²) < 4.78 is 0. The number of nitrogens with zero attached hydrogens (tertiary/aromatic N) is 3. The van der Waals surface area contributed by atoms with E-state index in [1.807, 2.05) is 11.3 Å². The van der Waals surface area contributed by atoms with E-state index in [9.17, 15) is 0 Å². The molecule has 0 amide bonds. The Bertz CT molecular complexity index is 852.